The van der Waals surface area contributed by atoms with E-state index in [2.05, 4.69) is 15.5 Å². The Kier molecular flexibility index (Phi) is 5.56. The van der Waals surface area contributed by atoms with Crippen molar-refractivity contribution in [3.05, 3.63) is 58.1 Å². The van der Waals surface area contributed by atoms with Crippen molar-refractivity contribution in [3.8, 4) is 5.75 Å². The summed E-state index contributed by atoms with van der Waals surface area (Å²) in [5.41, 5.74) is 0.631. The number of hydrogen-bond donors (Lipinski definition) is 1. The Morgan fingerprint density at radius 1 is 1.31 bits per heavy atom. The number of aromatic nitrogens is 4. The molecule has 0 aliphatic rings. The van der Waals surface area contributed by atoms with Crippen LogP contribution >= 0.6 is 11.6 Å². The van der Waals surface area contributed by atoms with Crippen LogP contribution in [-0.2, 0) is 20.0 Å². The van der Waals surface area contributed by atoms with Gasteiger partial charge in [0.1, 0.15) is 16.5 Å². The smallest absolute Gasteiger partial charge is 0.436 e. The Bertz CT molecular complexity index is 1060. The number of benzene rings is 1. The van der Waals surface area contributed by atoms with Gasteiger partial charge in [0.25, 0.3) is 5.91 Å². The number of nitrogens with zero attached hydrogens (tertiary/aromatic N) is 4. The Balaban J connectivity index is 1.69. The van der Waals surface area contributed by atoms with Crippen molar-refractivity contribution < 1.29 is 22.7 Å². The molecule has 29 heavy (non-hydrogen) atoms. The second-order valence-corrected chi connectivity index (χ2v) is 6.78. The summed E-state index contributed by atoms with van der Waals surface area (Å²) in [5.74, 6) is -0.145. The summed E-state index contributed by atoms with van der Waals surface area (Å²) >= 11 is 5.72. The average Bonchev–Trinajstić information content (AvgIpc) is 3.17. The number of rotatable bonds is 5. The van der Waals surface area contributed by atoms with Crippen LogP contribution in [0.1, 0.15) is 27.3 Å². The molecule has 154 valence electrons. The fraction of sp³-hybridized carbons (Fsp3) is 0.278. The van der Waals surface area contributed by atoms with Gasteiger partial charge in [-0.3, -0.25) is 9.48 Å². The van der Waals surface area contributed by atoms with Gasteiger partial charge in [-0.25, -0.2) is 4.68 Å². The molecule has 0 aliphatic carbocycles. The summed E-state index contributed by atoms with van der Waals surface area (Å²) in [7, 11) is 1.21. The molecule has 0 spiro atoms. The maximum absolute atomic E-state index is 12.9. The van der Waals surface area contributed by atoms with Crippen molar-refractivity contribution >= 4 is 23.2 Å². The second-order valence-electron chi connectivity index (χ2n) is 6.40. The molecule has 0 atom stereocenters. The predicted molar refractivity (Wildman–Crippen MR) is 99.9 cm³/mol. The normalized spacial score (nSPS) is 11.6. The molecule has 2 aromatic heterocycles. The van der Waals surface area contributed by atoms with Gasteiger partial charge in [0.15, 0.2) is 12.4 Å². The first-order valence-corrected chi connectivity index (χ1v) is 8.77. The van der Waals surface area contributed by atoms with Crippen LogP contribution in [0.2, 0.25) is 5.02 Å². The fourth-order valence-electron chi connectivity index (χ4n) is 2.71. The van der Waals surface area contributed by atoms with E-state index in [-0.39, 0.29) is 12.4 Å². The Hall–Kier alpha value is -3.01. The maximum Gasteiger partial charge on any atom is 0.436 e. The minimum Gasteiger partial charge on any atom is -0.471 e. The molecule has 0 aliphatic heterocycles. The predicted octanol–water partition coefficient (Wildman–Crippen LogP) is 4.19. The number of halogens is 4. The molecule has 1 amide bonds. The first-order valence-electron chi connectivity index (χ1n) is 8.40. The quantitative estimate of drug-likeness (QED) is 0.662. The van der Waals surface area contributed by atoms with Crippen LogP contribution in [0.25, 0.3) is 0 Å². The average molecular weight is 428 g/mol. The zero-order valence-electron chi connectivity index (χ0n) is 15.7. The Labute approximate surface area is 169 Å². The number of hydrogen-bond acceptors (Lipinski definition) is 4. The largest absolute Gasteiger partial charge is 0.471 e. The fourth-order valence-corrected chi connectivity index (χ4v) is 3.06. The minimum atomic E-state index is -4.76. The van der Waals surface area contributed by atoms with E-state index in [4.69, 9.17) is 16.3 Å². The lowest BCUT2D eigenvalue weighted by molar-refractivity contribution is -0.141. The van der Waals surface area contributed by atoms with Gasteiger partial charge in [0.05, 0.1) is 18.1 Å². The third-order valence-electron chi connectivity index (χ3n) is 4.05. The van der Waals surface area contributed by atoms with Crippen LogP contribution in [-0.4, -0.2) is 25.5 Å². The molecule has 3 rings (SSSR count). The van der Waals surface area contributed by atoms with Gasteiger partial charge < -0.3 is 10.1 Å². The van der Waals surface area contributed by atoms with Crippen molar-refractivity contribution in [2.24, 2.45) is 7.05 Å². The van der Waals surface area contributed by atoms with Gasteiger partial charge >= 0.3 is 6.18 Å². The van der Waals surface area contributed by atoms with Crippen LogP contribution < -0.4 is 10.1 Å². The lowest BCUT2D eigenvalue weighted by Gasteiger charge is -2.09. The first kappa shape index (κ1) is 20.7. The van der Waals surface area contributed by atoms with Crippen LogP contribution in [0, 0.1) is 13.8 Å². The molecule has 7 nitrogen and oxygen atoms in total. The van der Waals surface area contributed by atoms with E-state index in [1.807, 2.05) is 32.0 Å². The number of alkyl halides is 3. The summed E-state index contributed by atoms with van der Waals surface area (Å²) in [6, 6.07) is 5.75. The topological polar surface area (TPSA) is 74.0 Å². The maximum atomic E-state index is 12.9. The van der Waals surface area contributed by atoms with Gasteiger partial charge in [0.2, 0.25) is 0 Å². The number of ether oxygens (including phenoxy) is 1. The number of aryl methyl sites for hydroxylation is 3. The molecule has 0 fully saturated rings. The summed E-state index contributed by atoms with van der Waals surface area (Å²) in [4.78, 5) is 12.4. The highest BCUT2D eigenvalue weighted by molar-refractivity contribution is 6.34. The van der Waals surface area contributed by atoms with Crippen LogP contribution in [0.4, 0.5) is 18.9 Å². The lowest BCUT2D eigenvalue weighted by atomic mass is 10.1. The summed E-state index contributed by atoms with van der Waals surface area (Å²) in [6.07, 6.45) is -1.93. The Morgan fingerprint density at radius 2 is 2.03 bits per heavy atom. The van der Waals surface area contributed by atoms with E-state index in [0.29, 0.717) is 5.75 Å². The third kappa shape index (κ3) is 4.53. The minimum absolute atomic E-state index is 0.0878. The van der Waals surface area contributed by atoms with E-state index < -0.39 is 28.5 Å². The van der Waals surface area contributed by atoms with Crippen molar-refractivity contribution in [1.82, 2.24) is 19.6 Å². The molecule has 0 unspecified atom stereocenters. The van der Waals surface area contributed by atoms with E-state index in [1.165, 1.54) is 24.1 Å². The number of amides is 1. The highest BCUT2D eigenvalue weighted by Gasteiger charge is 2.39. The van der Waals surface area contributed by atoms with Gasteiger partial charge in [0, 0.05) is 7.05 Å². The molecule has 11 heteroatoms. The summed E-state index contributed by atoms with van der Waals surface area (Å²) in [6.45, 7) is 3.99. The summed E-state index contributed by atoms with van der Waals surface area (Å²) < 4.78 is 46.6. The second kappa shape index (κ2) is 7.78. The standard InChI is InChI=1S/C18H17ClF3N5O2/c1-10-4-5-13(11(2)6-10)29-9-27-8-12(7-23-27)24-17(28)15-14(19)16(18(20,21)22)25-26(15)3/h4-8H,9H2,1-3H3,(H,24,28). The Morgan fingerprint density at radius 3 is 2.66 bits per heavy atom. The zero-order chi connectivity index (χ0) is 21.3. The van der Waals surface area contributed by atoms with E-state index in [0.717, 1.165) is 15.8 Å². The lowest BCUT2D eigenvalue weighted by Crippen LogP contribution is -2.16. The van der Waals surface area contributed by atoms with Crippen molar-refractivity contribution in [3.63, 3.8) is 0 Å². The molecule has 3 aromatic rings. The molecular formula is C18H17ClF3N5O2. The van der Waals surface area contributed by atoms with Crippen molar-refractivity contribution in [1.29, 1.82) is 0 Å². The molecule has 0 saturated carbocycles. The first-order chi connectivity index (χ1) is 13.6. The monoisotopic (exact) mass is 427 g/mol. The number of anilines is 1. The van der Waals surface area contributed by atoms with Crippen molar-refractivity contribution in [2.45, 2.75) is 26.8 Å². The number of nitrogens with one attached hydrogen (secondary N) is 1. The highest BCUT2D eigenvalue weighted by Crippen LogP contribution is 2.35. The third-order valence-corrected chi connectivity index (χ3v) is 4.40. The molecule has 0 radical (unpaired) electrons. The van der Waals surface area contributed by atoms with Gasteiger partial charge in [-0.15, -0.1) is 0 Å². The SMILES string of the molecule is Cc1ccc(OCn2cc(NC(=O)c3c(Cl)c(C(F)(F)F)nn3C)cn2)c(C)c1. The molecular weight excluding hydrogens is 411 g/mol. The van der Waals surface area contributed by atoms with Crippen LogP contribution in [0.15, 0.2) is 30.6 Å². The van der Waals surface area contributed by atoms with E-state index in [1.54, 1.807) is 0 Å². The number of carbonyl (C=O) groups excluding carboxylic acids is 1. The van der Waals surface area contributed by atoms with Gasteiger partial charge in [-0.1, -0.05) is 29.3 Å². The van der Waals surface area contributed by atoms with E-state index >= 15 is 0 Å². The van der Waals surface area contributed by atoms with Gasteiger partial charge in [-0.2, -0.15) is 23.4 Å². The van der Waals surface area contributed by atoms with Gasteiger partial charge in [-0.05, 0) is 25.5 Å². The molecule has 2 heterocycles. The van der Waals surface area contributed by atoms with Crippen molar-refractivity contribution in [2.75, 3.05) is 5.32 Å². The number of carbonyl (C=O) groups is 1. The van der Waals surface area contributed by atoms with Crippen LogP contribution in [0.3, 0.4) is 0 Å². The highest BCUT2D eigenvalue weighted by atomic mass is 35.5. The molecule has 1 N–H and O–H groups in total. The molecule has 0 bridgehead atoms. The van der Waals surface area contributed by atoms with E-state index in [9.17, 15) is 18.0 Å². The molecule has 0 saturated heterocycles. The van der Waals surface area contributed by atoms with Crippen LogP contribution in [0.5, 0.6) is 5.75 Å². The molecule has 1 aromatic carbocycles. The summed E-state index contributed by atoms with van der Waals surface area (Å²) in [5, 5.41) is 9.03. The zero-order valence-corrected chi connectivity index (χ0v) is 16.5.